The molecule has 0 spiro atoms. The second-order valence-electron chi connectivity index (χ2n) is 4.16. The fourth-order valence-corrected chi connectivity index (χ4v) is 1.66. The maximum atomic E-state index is 5.90. The molecule has 1 aromatic heterocycles. The highest BCUT2D eigenvalue weighted by molar-refractivity contribution is 5.64. The predicted octanol–water partition coefficient (Wildman–Crippen LogP) is 2.75. The van der Waals surface area contributed by atoms with Crippen molar-refractivity contribution in [3.63, 3.8) is 0 Å². The standard InChI is InChI=1S/C14H17N3O/c1-10-9-16-14(8-13(10)15)17(2)11-5-4-6-12(7-11)18-3/h4-9H,1-3H3,(H2,15,16). The zero-order valence-corrected chi connectivity index (χ0v) is 10.8. The summed E-state index contributed by atoms with van der Waals surface area (Å²) in [4.78, 5) is 6.35. The lowest BCUT2D eigenvalue weighted by Crippen LogP contribution is -2.11. The Bertz CT molecular complexity index is 554. The summed E-state index contributed by atoms with van der Waals surface area (Å²) < 4.78 is 5.21. The lowest BCUT2D eigenvalue weighted by atomic mass is 10.2. The first-order valence-electron chi connectivity index (χ1n) is 5.71. The fourth-order valence-electron chi connectivity index (χ4n) is 1.66. The van der Waals surface area contributed by atoms with Crippen molar-refractivity contribution in [2.45, 2.75) is 6.92 Å². The number of nitrogens with two attached hydrogens (primary N) is 1. The zero-order valence-electron chi connectivity index (χ0n) is 10.8. The Morgan fingerprint density at radius 1 is 1.28 bits per heavy atom. The first-order valence-corrected chi connectivity index (χ1v) is 5.71. The van der Waals surface area contributed by atoms with Crippen LogP contribution in [0.15, 0.2) is 36.5 Å². The van der Waals surface area contributed by atoms with Crippen LogP contribution in [0, 0.1) is 6.92 Å². The van der Waals surface area contributed by atoms with Crippen LogP contribution >= 0.6 is 0 Å². The third-order valence-electron chi connectivity index (χ3n) is 2.91. The Labute approximate surface area is 107 Å². The molecular formula is C14H17N3O. The summed E-state index contributed by atoms with van der Waals surface area (Å²) in [6, 6.07) is 9.68. The number of ether oxygens (including phenoxy) is 1. The van der Waals surface area contributed by atoms with E-state index in [0.29, 0.717) is 0 Å². The molecule has 0 aliphatic carbocycles. The Hall–Kier alpha value is -2.23. The Morgan fingerprint density at radius 3 is 2.72 bits per heavy atom. The van der Waals surface area contributed by atoms with Crippen LogP contribution in [0.5, 0.6) is 5.75 Å². The summed E-state index contributed by atoms with van der Waals surface area (Å²) in [5, 5.41) is 0. The van der Waals surface area contributed by atoms with Crippen molar-refractivity contribution in [2.24, 2.45) is 0 Å². The van der Waals surface area contributed by atoms with E-state index in [4.69, 9.17) is 10.5 Å². The molecule has 1 aromatic carbocycles. The number of aromatic nitrogens is 1. The molecule has 0 bridgehead atoms. The van der Waals surface area contributed by atoms with E-state index in [1.165, 1.54) is 0 Å². The van der Waals surface area contributed by atoms with Crippen LogP contribution in [-0.2, 0) is 0 Å². The summed E-state index contributed by atoms with van der Waals surface area (Å²) in [5.41, 5.74) is 8.64. The van der Waals surface area contributed by atoms with Crippen LogP contribution in [0.1, 0.15) is 5.56 Å². The average Bonchev–Trinajstić information content (AvgIpc) is 2.41. The van der Waals surface area contributed by atoms with Crippen molar-refractivity contribution < 1.29 is 4.74 Å². The molecule has 0 amide bonds. The van der Waals surface area contributed by atoms with E-state index in [1.807, 2.05) is 49.2 Å². The number of benzene rings is 1. The molecule has 4 heteroatoms. The van der Waals surface area contributed by atoms with E-state index < -0.39 is 0 Å². The van der Waals surface area contributed by atoms with Crippen LogP contribution in [0.4, 0.5) is 17.2 Å². The van der Waals surface area contributed by atoms with Crippen molar-refractivity contribution in [1.82, 2.24) is 4.98 Å². The van der Waals surface area contributed by atoms with E-state index in [2.05, 4.69) is 4.98 Å². The first kappa shape index (κ1) is 12.2. The summed E-state index contributed by atoms with van der Waals surface area (Å²) in [5.74, 6) is 1.63. The van der Waals surface area contributed by atoms with Gasteiger partial charge in [0.1, 0.15) is 11.6 Å². The topological polar surface area (TPSA) is 51.4 Å². The van der Waals surface area contributed by atoms with Gasteiger partial charge in [-0.15, -0.1) is 0 Å². The number of rotatable bonds is 3. The SMILES string of the molecule is COc1cccc(N(C)c2cc(N)c(C)cn2)c1. The Balaban J connectivity index is 2.34. The molecule has 2 rings (SSSR count). The van der Waals surface area contributed by atoms with Crippen molar-refractivity contribution in [2.75, 3.05) is 24.8 Å². The molecule has 0 atom stereocenters. The maximum absolute atomic E-state index is 5.90. The van der Waals surface area contributed by atoms with Crippen molar-refractivity contribution >= 4 is 17.2 Å². The van der Waals surface area contributed by atoms with Gasteiger partial charge in [-0.3, -0.25) is 0 Å². The number of nitrogen functional groups attached to an aromatic ring is 1. The van der Waals surface area contributed by atoms with Crippen LogP contribution in [0.25, 0.3) is 0 Å². The monoisotopic (exact) mass is 243 g/mol. The van der Waals surface area contributed by atoms with Gasteiger partial charge in [0.2, 0.25) is 0 Å². The second kappa shape index (κ2) is 4.96. The van der Waals surface area contributed by atoms with Gasteiger partial charge in [-0.25, -0.2) is 4.98 Å². The largest absolute Gasteiger partial charge is 0.497 e. The van der Waals surface area contributed by atoms with Crippen molar-refractivity contribution in [3.05, 3.63) is 42.1 Å². The minimum absolute atomic E-state index is 0.745. The maximum Gasteiger partial charge on any atom is 0.134 e. The van der Waals surface area contributed by atoms with Gasteiger partial charge >= 0.3 is 0 Å². The molecule has 2 aromatic rings. The predicted molar refractivity (Wildman–Crippen MR) is 74.4 cm³/mol. The lowest BCUT2D eigenvalue weighted by molar-refractivity contribution is 0.415. The summed E-state index contributed by atoms with van der Waals surface area (Å²) >= 11 is 0. The van der Waals surface area contributed by atoms with Gasteiger partial charge < -0.3 is 15.4 Å². The van der Waals surface area contributed by atoms with E-state index in [9.17, 15) is 0 Å². The Kier molecular flexibility index (Phi) is 3.37. The molecule has 2 N–H and O–H groups in total. The molecule has 0 fully saturated rings. The number of hydrogen-bond donors (Lipinski definition) is 1. The van der Waals surface area contributed by atoms with Gasteiger partial charge in [0.25, 0.3) is 0 Å². The highest BCUT2D eigenvalue weighted by Gasteiger charge is 2.07. The molecule has 0 unspecified atom stereocenters. The number of hydrogen-bond acceptors (Lipinski definition) is 4. The third-order valence-corrected chi connectivity index (χ3v) is 2.91. The second-order valence-corrected chi connectivity index (χ2v) is 4.16. The number of aryl methyl sites for hydroxylation is 1. The van der Waals surface area contributed by atoms with E-state index >= 15 is 0 Å². The third kappa shape index (κ3) is 2.37. The fraction of sp³-hybridized carbons (Fsp3) is 0.214. The number of nitrogens with zero attached hydrogens (tertiary/aromatic N) is 2. The van der Waals surface area contributed by atoms with Crippen LogP contribution in [-0.4, -0.2) is 19.1 Å². The number of anilines is 3. The van der Waals surface area contributed by atoms with E-state index in [-0.39, 0.29) is 0 Å². The molecule has 1 heterocycles. The van der Waals surface area contributed by atoms with Crippen molar-refractivity contribution in [1.29, 1.82) is 0 Å². The van der Waals surface area contributed by atoms with Gasteiger partial charge in [0, 0.05) is 36.8 Å². The molecular weight excluding hydrogens is 226 g/mol. The van der Waals surface area contributed by atoms with Crippen LogP contribution in [0.2, 0.25) is 0 Å². The smallest absolute Gasteiger partial charge is 0.134 e. The molecule has 0 aliphatic rings. The molecule has 0 saturated heterocycles. The summed E-state index contributed by atoms with van der Waals surface area (Å²) in [7, 11) is 3.60. The minimum Gasteiger partial charge on any atom is -0.497 e. The normalized spacial score (nSPS) is 10.2. The molecule has 0 saturated carbocycles. The summed E-state index contributed by atoms with van der Waals surface area (Å²) in [6.07, 6.45) is 1.78. The number of methoxy groups -OCH3 is 1. The first-order chi connectivity index (χ1) is 8.61. The highest BCUT2D eigenvalue weighted by Crippen LogP contribution is 2.26. The van der Waals surface area contributed by atoms with Gasteiger partial charge in [0.05, 0.1) is 7.11 Å². The van der Waals surface area contributed by atoms with Gasteiger partial charge in [-0.05, 0) is 24.6 Å². The number of pyridine rings is 1. The van der Waals surface area contributed by atoms with E-state index in [0.717, 1.165) is 28.5 Å². The average molecular weight is 243 g/mol. The van der Waals surface area contributed by atoms with Crippen molar-refractivity contribution in [3.8, 4) is 5.75 Å². The van der Waals surface area contributed by atoms with Gasteiger partial charge in [0.15, 0.2) is 0 Å². The van der Waals surface area contributed by atoms with Crippen LogP contribution < -0.4 is 15.4 Å². The van der Waals surface area contributed by atoms with Gasteiger partial charge in [-0.1, -0.05) is 6.07 Å². The molecule has 94 valence electrons. The minimum atomic E-state index is 0.745. The molecule has 18 heavy (non-hydrogen) atoms. The highest BCUT2D eigenvalue weighted by atomic mass is 16.5. The lowest BCUT2D eigenvalue weighted by Gasteiger charge is -2.19. The Morgan fingerprint density at radius 2 is 2.06 bits per heavy atom. The molecule has 0 radical (unpaired) electrons. The van der Waals surface area contributed by atoms with E-state index in [1.54, 1.807) is 13.3 Å². The molecule has 0 aliphatic heterocycles. The zero-order chi connectivity index (χ0) is 13.1. The summed E-state index contributed by atoms with van der Waals surface area (Å²) in [6.45, 7) is 1.94. The quantitative estimate of drug-likeness (QED) is 0.900. The van der Waals surface area contributed by atoms with Gasteiger partial charge in [-0.2, -0.15) is 0 Å². The molecule has 4 nitrogen and oxygen atoms in total. The van der Waals surface area contributed by atoms with Crippen LogP contribution in [0.3, 0.4) is 0 Å².